The molecule has 5 N–H and O–H groups in total. The maximum atomic E-state index is 10.8. The van der Waals surface area contributed by atoms with Crippen molar-refractivity contribution in [3.63, 3.8) is 0 Å². The molecular formula is C11H15N5O2S. The number of aromatic nitrogens is 3. The minimum absolute atomic E-state index is 0.00931. The number of aromatic amines is 1. The Bertz CT molecular complexity index is 539. The predicted octanol–water partition coefficient (Wildman–Crippen LogP) is 1.51. The first-order chi connectivity index (χ1) is 9.11. The molecule has 2 aromatic heterocycles. The van der Waals surface area contributed by atoms with Crippen LogP contribution in [0.2, 0.25) is 0 Å². The van der Waals surface area contributed by atoms with Gasteiger partial charge in [-0.2, -0.15) is 0 Å². The molecule has 0 aliphatic carbocycles. The van der Waals surface area contributed by atoms with Gasteiger partial charge in [0.05, 0.1) is 11.7 Å². The average molecular weight is 281 g/mol. The maximum Gasteiger partial charge on any atom is 0.326 e. The summed E-state index contributed by atoms with van der Waals surface area (Å²) >= 11 is 1.33. The van der Waals surface area contributed by atoms with E-state index in [0.29, 0.717) is 10.8 Å². The molecule has 0 fully saturated rings. The third-order valence-corrected chi connectivity index (χ3v) is 3.45. The van der Waals surface area contributed by atoms with E-state index in [0.717, 1.165) is 12.2 Å². The molecule has 102 valence electrons. The number of rotatable bonds is 6. The lowest BCUT2D eigenvalue weighted by Gasteiger charge is -2.13. The molecule has 0 saturated heterocycles. The summed E-state index contributed by atoms with van der Waals surface area (Å²) in [6, 6.07) is -1.08. The largest absolute Gasteiger partial charge is 0.480 e. The molecule has 8 heteroatoms. The van der Waals surface area contributed by atoms with Crippen molar-refractivity contribution in [3.8, 4) is 0 Å². The van der Waals surface area contributed by atoms with Gasteiger partial charge in [-0.25, -0.2) is 9.97 Å². The first-order valence-corrected chi connectivity index (χ1v) is 6.69. The van der Waals surface area contributed by atoms with Crippen LogP contribution in [0.4, 0.5) is 5.13 Å². The fraction of sp³-hybridized carbons (Fsp3) is 0.364. The minimum Gasteiger partial charge on any atom is -0.480 e. The number of carbonyl (C=O) groups is 1. The number of H-pyrrole nitrogens is 1. The third kappa shape index (κ3) is 3.09. The summed E-state index contributed by atoms with van der Waals surface area (Å²) in [7, 11) is 0. The highest BCUT2D eigenvalue weighted by atomic mass is 32.1. The molecule has 0 amide bonds. The second kappa shape index (κ2) is 5.81. The van der Waals surface area contributed by atoms with E-state index in [4.69, 9.17) is 10.8 Å². The lowest BCUT2D eigenvalue weighted by Crippen LogP contribution is -2.21. The van der Waals surface area contributed by atoms with E-state index in [9.17, 15) is 4.79 Å². The zero-order valence-electron chi connectivity index (χ0n) is 10.3. The lowest BCUT2D eigenvalue weighted by atomic mass is 10.2. The van der Waals surface area contributed by atoms with Gasteiger partial charge < -0.3 is 21.1 Å². The average Bonchev–Trinajstić information content (AvgIpc) is 3.06. The molecule has 0 spiro atoms. The Balaban J connectivity index is 2.09. The number of thiazole rings is 1. The Labute approximate surface area is 113 Å². The van der Waals surface area contributed by atoms with Gasteiger partial charge in [-0.1, -0.05) is 6.92 Å². The van der Waals surface area contributed by atoms with Gasteiger partial charge in [-0.3, -0.25) is 4.79 Å². The zero-order chi connectivity index (χ0) is 13.8. The lowest BCUT2D eigenvalue weighted by molar-refractivity contribution is -0.138. The van der Waals surface area contributed by atoms with E-state index in [1.165, 1.54) is 11.3 Å². The predicted molar refractivity (Wildman–Crippen MR) is 71.9 cm³/mol. The highest BCUT2D eigenvalue weighted by Gasteiger charge is 2.19. The number of anilines is 1. The normalized spacial score (nSPS) is 14.0. The molecule has 19 heavy (non-hydrogen) atoms. The van der Waals surface area contributed by atoms with E-state index in [-0.39, 0.29) is 6.04 Å². The SMILES string of the molecule is CCC(Nc1nc(C(N)C(=O)O)cs1)c1ncc[nH]1. The molecule has 2 atom stereocenters. The summed E-state index contributed by atoms with van der Waals surface area (Å²) in [5, 5.41) is 14.3. The van der Waals surface area contributed by atoms with E-state index in [1.807, 2.05) is 6.92 Å². The van der Waals surface area contributed by atoms with Gasteiger partial charge in [0.25, 0.3) is 0 Å². The Hall–Kier alpha value is -1.93. The van der Waals surface area contributed by atoms with Crippen LogP contribution in [0.1, 0.15) is 36.9 Å². The molecule has 2 rings (SSSR count). The van der Waals surface area contributed by atoms with Crippen LogP contribution in [0.15, 0.2) is 17.8 Å². The first-order valence-electron chi connectivity index (χ1n) is 5.81. The zero-order valence-corrected chi connectivity index (χ0v) is 11.1. The molecule has 0 radical (unpaired) electrons. The molecule has 2 aromatic rings. The van der Waals surface area contributed by atoms with Crippen LogP contribution in [0.25, 0.3) is 0 Å². The molecule has 0 aromatic carbocycles. The van der Waals surface area contributed by atoms with Gasteiger partial charge in [0.1, 0.15) is 11.9 Å². The van der Waals surface area contributed by atoms with Crippen molar-refractivity contribution < 1.29 is 9.90 Å². The molecule has 0 bridgehead atoms. The van der Waals surface area contributed by atoms with Crippen molar-refractivity contribution in [2.24, 2.45) is 5.73 Å². The van der Waals surface area contributed by atoms with Crippen LogP contribution in [-0.2, 0) is 4.79 Å². The smallest absolute Gasteiger partial charge is 0.326 e. The van der Waals surface area contributed by atoms with Crippen LogP contribution >= 0.6 is 11.3 Å². The summed E-state index contributed by atoms with van der Waals surface area (Å²) in [5.74, 6) is -0.267. The Kier molecular flexibility index (Phi) is 4.13. The number of hydrogen-bond acceptors (Lipinski definition) is 6. The van der Waals surface area contributed by atoms with Crippen molar-refractivity contribution >= 4 is 22.4 Å². The van der Waals surface area contributed by atoms with E-state index >= 15 is 0 Å². The van der Waals surface area contributed by atoms with Crippen molar-refractivity contribution in [2.45, 2.75) is 25.4 Å². The van der Waals surface area contributed by atoms with Gasteiger partial charge in [-0.15, -0.1) is 11.3 Å². The Morgan fingerprint density at radius 2 is 2.47 bits per heavy atom. The summed E-state index contributed by atoms with van der Waals surface area (Å²) in [6.45, 7) is 2.03. The van der Waals surface area contributed by atoms with Gasteiger partial charge in [0.2, 0.25) is 0 Å². The van der Waals surface area contributed by atoms with Crippen LogP contribution in [0, 0.1) is 0 Å². The third-order valence-electron chi connectivity index (χ3n) is 2.66. The van der Waals surface area contributed by atoms with Gasteiger partial charge in [0, 0.05) is 17.8 Å². The minimum atomic E-state index is -1.09. The van der Waals surface area contributed by atoms with Gasteiger partial charge in [-0.05, 0) is 6.42 Å². The Morgan fingerprint density at radius 1 is 1.68 bits per heavy atom. The molecule has 0 aliphatic heterocycles. The fourth-order valence-corrected chi connectivity index (χ4v) is 2.40. The highest BCUT2D eigenvalue weighted by molar-refractivity contribution is 7.13. The second-order valence-corrected chi connectivity index (χ2v) is 4.83. The van der Waals surface area contributed by atoms with Gasteiger partial charge >= 0.3 is 5.97 Å². The molecular weight excluding hydrogens is 266 g/mol. The number of hydrogen-bond donors (Lipinski definition) is 4. The van der Waals surface area contributed by atoms with Crippen LogP contribution in [-0.4, -0.2) is 26.0 Å². The van der Waals surface area contributed by atoms with Crippen LogP contribution in [0.5, 0.6) is 0 Å². The first kappa shape index (κ1) is 13.5. The maximum absolute atomic E-state index is 10.8. The van der Waals surface area contributed by atoms with Crippen LogP contribution in [0.3, 0.4) is 0 Å². The standard InChI is InChI=1S/C11H15N5O2S/c1-2-6(9-13-3-4-14-9)15-11-16-7(5-19-11)8(12)10(17)18/h3-6,8H,2,12H2,1H3,(H,13,14)(H,15,16)(H,17,18). The summed E-state index contributed by atoms with van der Waals surface area (Å²) in [5.41, 5.74) is 5.86. The molecule has 7 nitrogen and oxygen atoms in total. The Morgan fingerprint density at radius 3 is 3.05 bits per heavy atom. The summed E-state index contributed by atoms with van der Waals surface area (Å²) in [6.07, 6.45) is 4.27. The number of nitrogens with zero attached hydrogens (tertiary/aromatic N) is 2. The van der Waals surface area contributed by atoms with E-state index < -0.39 is 12.0 Å². The number of imidazole rings is 1. The molecule has 2 heterocycles. The topological polar surface area (TPSA) is 117 Å². The van der Waals surface area contributed by atoms with Crippen molar-refractivity contribution in [3.05, 3.63) is 29.3 Å². The summed E-state index contributed by atoms with van der Waals surface area (Å²) < 4.78 is 0. The van der Waals surface area contributed by atoms with Crippen molar-refractivity contribution in [2.75, 3.05) is 5.32 Å². The second-order valence-electron chi connectivity index (χ2n) is 3.97. The number of nitrogens with two attached hydrogens (primary N) is 1. The highest BCUT2D eigenvalue weighted by Crippen LogP contribution is 2.24. The van der Waals surface area contributed by atoms with Crippen LogP contribution < -0.4 is 11.1 Å². The molecule has 0 saturated carbocycles. The van der Waals surface area contributed by atoms with E-state index in [2.05, 4.69) is 20.3 Å². The number of carboxylic acids is 1. The number of carboxylic acid groups (broad SMARTS) is 1. The fourth-order valence-electron chi connectivity index (χ4n) is 1.60. The molecule has 0 aliphatic rings. The quantitative estimate of drug-likeness (QED) is 0.637. The van der Waals surface area contributed by atoms with Crippen molar-refractivity contribution in [1.29, 1.82) is 0 Å². The monoisotopic (exact) mass is 281 g/mol. The van der Waals surface area contributed by atoms with E-state index in [1.54, 1.807) is 17.8 Å². The number of aliphatic carboxylic acids is 1. The van der Waals surface area contributed by atoms with Gasteiger partial charge in [0.15, 0.2) is 5.13 Å². The summed E-state index contributed by atoms with van der Waals surface area (Å²) in [4.78, 5) is 22.2. The number of nitrogens with one attached hydrogen (secondary N) is 2. The molecule has 2 unspecified atom stereocenters. The van der Waals surface area contributed by atoms with Crippen molar-refractivity contribution in [1.82, 2.24) is 15.0 Å².